The molecule has 27 heavy (non-hydrogen) atoms. The summed E-state index contributed by atoms with van der Waals surface area (Å²) in [5.74, 6) is 0.0611. The Morgan fingerprint density at radius 3 is 2.44 bits per heavy atom. The third-order valence-electron chi connectivity index (χ3n) is 4.65. The van der Waals surface area contributed by atoms with Crippen molar-refractivity contribution in [1.29, 1.82) is 0 Å². The van der Waals surface area contributed by atoms with Gasteiger partial charge in [0, 0.05) is 49.5 Å². The van der Waals surface area contributed by atoms with Crippen LogP contribution in [0.5, 0.6) is 0 Å². The predicted molar refractivity (Wildman–Crippen MR) is 113 cm³/mol. The maximum Gasteiger partial charge on any atom is 0.246 e. The lowest BCUT2D eigenvalue weighted by atomic mass is 10.1. The van der Waals surface area contributed by atoms with Gasteiger partial charge in [0.1, 0.15) is 0 Å². The van der Waals surface area contributed by atoms with Gasteiger partial charge in [-0.15, -0.1) is 0 Å². The molecule has 0 N–H and O–H groups in total. The fraction of sp³-hybridized carbons (Fsp3) is 0.318. The number of carbonyl (C=O) groups excluding carboxylic acids is 1. The Hall–Kier alpha value is -2.30. The summed E-state index contributed by atoms with van der Waals surface area (Å²) >= 11 is 5.89. The van der Waals surface area contributed by atoms with Crippen LogP contribution in [-0.2, 0) is 11.3 Å². The van der Waals surface area contributed by atoms with E-state index >= 15 is 0 Å². The smallest absolute Gasteiger partial charge is 0.246 e. The minimum Gasteiger partial charge on any atom is -0.368 e. The highest BCUT2D eigenvalue weighted by Crippen LogP contribution is 2.19. The summed E-state index contributed by atoms with van der Waals surface area (Å²) in [6.07, 6.45) is 3.49. The van der Waals surface area contributed by atoms with Crippen molar-refractivity contribution < 1.29 is 4.79 Å². The number of halogens is 1. The summed E-state index contributed by atoms with van der Waals surface area (Å²) in [5.41, 5.74) is 3.52. The van der Waals surface area contributed by atoms with Crippen LogP contribution in [0.3, 0.4) is 0 Å². The number of hydrogen-bond donors (Lipinski definition) is 0. The van der Waals surface area contributed by atoms with Crippen LogP contribution in [0.1, 0.15) is 11.1 Å². The van der Waals surface area contributed by atoms with Crippen LogP contribution < -0.4 is 4.90 Å². The Bertz CT molecular complexity index is 793. The molecule has 0 aromatic heterocycles. The third kappa shape index (κ3) is 5.59. The number of rotatable bonds is 5. The Morgan fingerprint density at radius 2 is 1.78 bits per heavy atom. The van der Waals surface area contributed by atoms with Crippen LogP contribution in [0.15, 0.2) is 54.6 Å². The third-order valence-corrected chi connectivity index (χ3v) is 4.91. The summed E-state index contributed by atoms with van der Waals surface area (Å²) < 4.78 is 0. The number of nitrogens with zero attached hydrogens (tertiary/aromatic N) is 3. The van der Waals surface area contributed by atoms with Gasteiger partial charge in [0.15, 0.2) is 0 Å². The van der Waals surface area contributed by atoms with Crippen molar-refractivity contribution in [2.45, 2.75) is 6.54 Å². The first kappa shape index (κ1) is 19.5. The molecule has 1 aliphatic heterocycles. The maximum atomic E-state index is 12.4. The van der Waals surface area contributed by atoms with E-state index in [9.17, 15) is 4.79 Å². The van der Waals surface area contributed by atoms with Crippen molar-refractivity contribution in [2.75, 3.05) is 45.2 Å². The lowest BCUT2D eigenvalue weighted by Crippen LogP contribution is -2.48. The van der Waals surface area contributed by atoms with Crippen molar-refractivity contribution >= 4 is 29.3 Å². The lowest BCUT2D eigenvalue weighted by molar-refractivity contribution is -0.126. The van der Waals surface area contributed by atoms with Gasteiger partial charge in [0.25, 0.3) is 0 Å². The second-order valence-corrected chi connectivity index (χ2v) is 7.54. The number of anilines is 1. The maximum absolute atomic E-state index is 12.4. The van der Waals surface area contributed by atoms with Crippen molar-refractivity contribution in [3.05, 3.63) is 70.8 Å². The fourth-order valence-corrected chi connectivity index (χ4v) is 3.37. The van der Waals surface area contributed by atoms with Crippen LogP contribution >= 0.6 is 11.6 Å². The fourth-order valence-electron chi connectivity index (χ4n) is 3.25. The number of amides is 1. The first-order chi connectivity index (χ1) is 13.0. The molecule has 4 nitrogen and oxygen atoms in total. The monoisotopic (exact) mass is 383 g/mol. The molecule has 5 heteroatoms. The van der Waals surface area contributed by atoms with Crippen molar-refractivity contribution in [3.8, 4) is 0 Å². The zero-order valence-corrected chi connectivity index (χ0v) is 16.7. The number of hydrogen-bond acceptors (Lipinski definition) is 3. The van der Waals surface area contributed by atoms with E-state index in [0.29, 0.717) is 5.02 Å². The number of piperazine rings is 1. The van der Waals surface area contributed by atoms with Crippen LogP contribution in [0.2, 0.25) is 5.02 Å². The van der Waals surface area contributed by atoms with E-state index in [1.807, 2.05) is 35.2 Å². The molecule has 1 aliphatic rings. The van der Waals surface area contributed by atoms with Gasteiger partial charge < -0.3 is 14.7 Å². The molecular formula is C22H26ClN3O. The molecule has 0 saturated carbocycles. The molecule has 3 rings (SSSR count). The topological polar surface area (TPSA) is 26.8 Å². The van der Waals surface area contributed by atoms with Crippen LogP contribution in [0.4, 0.5) is 5.69 Å². The van der Waals surface area contributed by atoms with Gasteiger partial charge >= 0.3 is 0 Å². The Labute approximate surface area is 166 Å². The molecule has 0 spiro atoms. The molecule has 0 unspecified atom stereocenters. The van der Waals surface area contributed by atoms with Gasteiger partial charge in [0.2, 0.25) is 5.91 Å². The van der Waals surface area contributed by atoms with E-state index in [0.717, 1.165) is 38.3 Å². The number of carbonyl (C=O) groups is 1. The predicted octanol–water partition coefficient (Wildman–Crippen LogP) is 3.76. The average Bonchev–Trinajstić information content (AvgIpc) is 2.67. The van der Waals surface area contributed by atoms with E-state index in [1.54, 1.807) is 6.08 Å². The zero-order chi connectivity index (χ0) is 19.2. The highest BCUT2D eigenvalue weighted by atomic mass is 35.5. The normalized spacial score (nSPS) is 15.0. The van der Waals surface area contributed by atoms with Crippen LogP contribution in [0.25, 0.3) is 6.08 Å². The second kappa shape index (κ2) is 9.07. The average molecular weight is 384 g/mol. The largest absolute Gasteiger partial charge is 0.368 e. The van der Waals surface area contributed by atoms with Crippen molar-refractivity contribution in [2.24, 2.45) is 0 Å². The molecule has 0 atom stereocenters. The molecule has 0 radical (unpaired) electrons. The summed E-state index contributed by atoms with van der Waals surface area (Å²) in [4.78, 5) is 18.9. The van der Waals surface area contributed by atoms with Gasteiger partial charge in [-0.1, -0.05) is 35.9 Å². The Kier molecular flexibility index (Phi) is 6.54. The Morgan fingerprint density at radius 1 is 1.07 bits per heavy atom. The van der Waals surface area contributed by atoms with E-state index in [2.05, 4.69) is 48.2 Å². The second-order valence-electron chi connectivity index (χ2n) is 7.10. The molecule has 1 amide bonds. The summed E-state index contributed by atoms with van der Waals surface area (Å²) in [6, 6.07) is 16.1. The molecule has 2 aromatic rings. The van der Waals surface area contributed by atoms with E-state index in [1.165, 1.54) is 11.3 Å². The molecule has 142 valence electrons. The van der Waals surface area contributed by atoms with Crippen molar-refractivity contribution in [1.82, 2.24) is 9.80 Å². The molecule has 1 heterocycles. The Balaban J connectivity index is 1.55. The van der Waals surface area contributed by atoms with E-state index < -0.39 is 0 Å². The molecule has 1 saturated heterocycles. The van der Waals surface area contributed by atoms with Gasteiger partial charge in [-0.3, -0.25) is 4.79 Å². The zero-order valence-electron chi connectivity index (χ0n) is 15.9. The van der Waals surface area contributed by atoms with Crippen LogP contribution in [0, 0.1) is 0 Å². The summed E-state index contributed by atoms with van der Waals surface area (Å²) in [7, 11) is 4.16. The first-order valence-electron chi connectivity index (χ1n) is 9.22. The minimum atomic E-state index is 0.0611. The molecular weight excluding hydrogens is 358 g/mol. The first-order valence-corrected chi connectivity index (χ1v) is 9.60. The van der Waals surface area contributed by atoms with Crippen LogP contribution in [-0.4, -0.2) is 56.0 Å². The van der Waals surface area contributed by atoms with E-state index in [4.69, 9.17) is 11.6 Å². The van der Waals surface area contributed by atoms with Gasteiger partial charge in [0.05, 0.1) is 0 Å². The lowest BCUT2D eigenvalue weighted by Gasteiger charge is -2.36. The van der Waals surface area contributed by atoms with E-state index in [-0.39, 0.29) is 5.91 Å². The molecule has 2 aromatic carbocycles. The van der Waals surface area contributed by atoms with Gasteiger partial charge in [-0.05, 0) is 55.6 Å². The SMILES string of the molecule is CN(C)Cc1cccc(N2CCN(C(=O)/C=C/c3ccc(Cl)cc3)CC2)c1. The highest BCUT2D eigenvalue weighted by molar-refractivity contribution is 6.30. The highest BCUT2D eigenvalue weighted by Gasteiger charge is 2.20. The van der Waals surface area contributed by atoms with Gasteiger partial charge in [-0.2, -0.15) is 0 Å². The summed E-state index contributed by atoms with van der Waals surface area (Å²) in [6.45, 7) is 4.11. The molecule has 0 bridgehead atoms. The summed E-state index contributed by atoms with van der Waals surface area (Å²) in [5, 5.41) is 0.698. The minimum absolute atomic E-state index is 0.0611. The standard InChI is InChI=1S/C22H26ClN3O/c1-24(2)17-19-4-3-5-21(16-19)25-12-14-26(15-13-25)22(27)11-8-18-6-9-20(23)10-7-18/h3-11,16H,12-15,17H2,1-2H3/b11-8+. The molecule has 1 fully saturated rings. The quantitative estimate of drug-likeness (QED) is 0.735. The van der Waals surface area contributed by atoms with Gasteiger partial charge in [-0.25, -0.2) is 0 Å². The molecule has 0 aliphatic carbocycles. The number of benzene rings is 2. The van der Waals surface area contributed by atoms with Crippen molar-refractivity contribution in [3.63, 3.8) is 0 Å².